The van der Waals surface area contributed by atoms with Gasteiger partial charge in [0, 0.05) is 37.3 Å². The fourth-order valence-electron chi connectivity index (χ4n) is 3.80. The van der Waals surface area contributed by atoms with Gasteiger partial charge in [0.25, 0.3) is 5.91 Å². The van der Waals surface area contributed by atoms with E-state index < -0.39 is 17.6 Å². The summed E-state index contributed by atoms with van der Waals surface area (Å²) in [5, 5.41) is 8.66. The molecule has 0 radical (unpaired) electrons. The van der Waals surface area contributed by atoms with Gasteiger partial charge < -0.3 is 19.3 Å². The number of hydrogen-bond donors (Lipinski definition) is 0. The minimum absolute atomic E-state index is 0.0275. The molecule has 0 atom stereocenters. The molecule has 1 aliphatic heterocycles. The molecular weight excluding hydrogens is 449 g/mol. The second-order valence-electron chi connectivity index (χ2n) is 7.70. The third kappa shape index (κ3) is 4.90. The molecule has 0 spiro atoms. The molecule has 0 unspecified atom stereocenters. The smallest absolute Gasteiger partial charge is 0.416 e. The van der Waals surface area contributed by atoms with E-state index in [9.17, 15) is 18.0 Å². The number of hydrogen-bond acceptors (Lipinski definition) is 6. The van der Waals surface area contributed by atoms with E-state index >= 15 is 0 Å². The molecule has 2 aromatic carbocycles. The van der Waals surface area contributed by atoms with Crippen LogP contribution in [0.2, 0.25) is 0 Å². The Kier molecular flexibility index (Phi) is 6.58. The van der Waals surface area contributed by atoms with Crippen LogP contribution < -0.4 is 14.4 Å². The van der Waals surface area contributed by atoms with Gasteiger partial charge in [-0.2, -0.15) is 13.2 Å². The van der Waals surface area contributed by atoms with Crippen molar-refractivity contribution in [2.45, 2.75) is 6.18 Å². The number of halogens is 3. The zero-order chi connectivity index (χ0) is 24.3. The highest BCUT2D eigenvalue weighted by molar-refractivity contribution is 5.94. The maximum absolute atomic E-state index is 13.0. The lowest BCUT2D eigenvalue weighted by Gasteiger charge is -2.35. The predicted molar refractivity (Wildman–Crippen MR) is 120 cm³/mol. The van der Waals surface area contributed by atoms with E-state index in [-0.39, 0.29) is 5.56 Å². The van der Waals surface area contributed by atoms with Crippen LogP contribution in [-0.2, 0) is 6.18 Å². The molecule has 1 aliphatic rings. The van der Waals surface area contributed by atoms with Gasteiger partial charge in [-0.15, -0.1) is 10.2 Å². The van der Waals surface area contributed by atoms with Gasteiger partial charge in [0.1, 0.15) is 11.5 Å². The highest BCUT2D eigenvalue weighted by atomic mass is 19.4. The number of benzene rings is 2. The minimum atomic E-state index is -4.49. The molecule has 1 aromatic heterocycles. The fourth-order valence-corrected chi connectivity index (χ4v) is 3.80. The Morgan fingerprint density at radius 2 is 1.68 bits per heavy atom. The van der Waals surface area contributed by atoms with Crippen LogP contribution >= 0.6 is 0 Å². The number of piperazine rings is 1. The van der Waals surface area contributed by atoms with E-state index in [4.69, 9.17) is 9.47 Å². The van der Waals surface area contributed by atoms with Gasteiger partial charge in [-0.1, -0.05) is 6.07 Å². The average Bonchev–Trinajstić information content (AvgIpc) is 2.87. The molecule has 2 heterocycles. The maximum atomic E-state index is 13.0. The molecule has 34 heavy (non-hydrogen) atoms. The van der Waals surface area contributed by atoms with Gasteiger partial charge >= 0.3 is 6.18 Å². The second-order valence-corrected chi connectivity index (χ2v) is 7.70. The van der Waals surface area contributed by atoms with Crippen molar-refractivity contribution < 1.29 is 27.4 Å². The summed E-state index contributed by atoms with van der Waals surface area (Å²) in [5.74, 6) is 1.54. The Labute approximate surface area is 194 Å². The first-order chi connectivity index (χ1) is 16.3. The van der Waals surface area contributed by atoms with Crippen LogP contribution in [-0.4, -0.2) is 61.4 Å². The standard InChI is InChI=1S/C24H23F3N4O3/c1-33-18-6-8-21(34-2)19(15-18)20-7-9-22(29-28-20)30-10-12-31(13-11-30)23(32)16-4-3-5-17(14-16)24(25,26)27/h3-9,14-15H,10-13H2,1-2H3. The van der Waals surface area contributed by atoms with Crippen molar-refractivity contribution in [3.63, 3.8) is 0 Å². The van der Waals surface area contributed by atoms with Gasteiger partial charge in [0.05, 0.1) is 25.5 Å². The molecule has 0 saturated carbocycles. The number of methoxy groups -OCH3 is 2. The Morgan fingerprint density at radius 3 is 2.29 bits per heavy atom. The molecule has 0 bridgehead atoms. The topological polar surface area (TPSA) is 67.8 Å². The third-order valence-electron chi connectivity index (χ3n) is 5.66. The number of carbonyl (C=O) groups excluding carboxylic acids is 1. The molecule has 178 valence electrons. The molecule has 1 amide bonds. The molecule has 3 aromatic rings. The molecule has 7 nitrogen and oxygen atoms in total. The first kappa shape index (κ1) is 23.3. The molecule has 10 heteroatoms. The van der Waals surface area contributed by atoms with E-state index in [1.54, 1.807) is 31.3 Å². The summed E-state index contributed by atoms with van der Waals surface area (Å²) in [6.07, 6.45) is -4.49. The van der Waals surface area contributed by atoms with Crippen LogP contribution in [0, 0.1) is 0 Å². The molecule has 0 N–H and O–H groups in total. The lowest BCUT2D eigenvalue weighted by molar-refractivity contribution is -0.137. The quantitative estimate of drug-likeness (QED) is 0.556. The zero-order valence-electron chi connectivity index (χ0n) is 18.7. The van der Waals surface area contributed by atoms with Gasteiger partial charge in [-0.25, -0.2) is 0 Å². The summed E-state index contributed by atoms with van der Waals surface area (Å²) < 4.78 is 49.6. The van der Waals surface area contributed by atoms with Crippen LogP contribution in [0.5, 0.6) is 11.5 Å². The lowest BCUT2D eigenvalue weighted by atomic mass is 10.1. The Balaban J connectivity index is 1.43. The number of rotatable bonds is 5. The number of alkyl halides is 3. The Hall–Kier alpha value is -3.82. The fraction of sp³-hybridized carbons (Fsp3) is 0.292. The van der Waals surface area contributed by atoms with E-state index in [0.717, 1.165) is 17.7 Å². The maximum Gasteiger partial charge on any atom is 0.416 e. The summed E-state index contributed by atoms with van der Waals surface area (Å²) in [5.41, 5.74) is 0.565. The van der Waals surface area contributed by atoms with Crippen LogP contribution in [0.1, 0.15) is 15.9 Å². The number of ether oxygens (including phenoxy) is 2. The summed E-state index contributed by atoms with van der Waals surface area (Å²) in [6.45, 7) is 1.70. The molecule has 4 rings (SSSR count). The number of anilines is 1. The van der Waals surface area contributed by atoms with Gasteiger partial charge in [0.2, 0.25) is 0 Å². The van der Waals surface area contributed by atoms with Crippen molar-refractivity contribution in [3.8, 4) is 22.8 Å². The third-order valence-corrected chi connectivity index (χ3v) is 5.66. The monoisotopic (exact) mass is 472 g/mol. The van der Waals surface area contributed by atoms with Gasteiger partial charge in [-0.05, 0) is 48.5 Å². The van der Waals surface area contributed by atoms with E-state index in [1.165, 1.54) is 12.1 Å². The van der Waals surface area contributed by atoms with Crippen molar-refractivity contribution in [3.05, 3.63) is 65.7 Å². The van der Waals surface area contributed by atoms with Gasteiger partial charge in [0.15, 0.2) is 5.82 Å². The van der Waals surface area contributed by atoms with E-state index in [1.807, 2.05) is 23.1 Å². The number of amides is 1. The number of carbonyl (C=O) groups is 1. The SMILES string of the molecule is COc1ccc(OC)c(-c2ccc(N3CCN(C(=O)c4cccc(C(F)(F)F)c4)CC3)nn2)c1. The Bertz CT molecular complexity index is 1160. The van der Waals surface area contributed by atoms with Crippen LogP contribution in [0.25, 0.3) is 11.3 Å². The van der Waals surface area contributed by atoms with Crippen LogP contribution in [0.3, 0.4) is 0 Å². The summed E-state index contributed by atoms with van der Waals surface area (Å²) in [6, 6.07) is 13.6. The normalized spacial score (nSPS) is 14.1. The summed E-state index contributed by atoms with van der Waals surface area (Å²) in [7, 11) is 3.16. The second kappa shape index (κ2) is 9.58. The van der Waals surface area contributed by atoms with Gasteiger partial charge in [-0.3, -0.25) is 4.79 Å². The largest absolute Gasteiger partial charge is 0.497 e. The first-order valence-electron chi connectivity index (χ1n) is 10.6. The Morgan fingerprint density at radius 1 is 0.912 bits per heavy atom. The van der Waals surface area contributed by atoms with Crippen molar-refractivity contribution in [2.75, 3.05) is 45.3 Å². The predicted octanol–water partition coefficient (Wildman–Crippen LogP) is 4.14. The van der Waals surface area contributed by atoms with Crippen molar-refractivity contribution in [1.82, 2.24) is 15.1 Å². The van der Waals surface area contributed by atoms with Crippen molar-refractivity contribution in [1.29, 1.82) is 0 Å². The van der Waals surface area contributed by atoms with Crippen molar-refractivity contribution in [2.24, 2.45) is 0 Å². The number of aromatic nitrogens is 2. The van der Waals surface area contributed by atoms with Crippen LogP contribution in [0.4, 0.5) is 19.0 Å². The summed E-state index contributed by atoms with van der Waals surface area (Å²) in [4.78, 5) is 16.3. The first-order valence-corrected chi connectivity index (χ1v) is 10.6. The van der Waals surface area contributed by atoms with Crippen molar-refractivity contribution >= 4 is 11.7 Å². The molecule has 1 fully saturated rings. The highest BCUT2D eigenvalue weighted by Crippen LogP contribution is 2.33. The zero-order valence-corrected chi connectivity index (χ0v) is 18.7. The molecule has 0 aliphatic carbocycles. The molecule has 1 saturated heterocycles. The van der Waals surface area contributed by atoms with Crippen LogP contribution in [0.15, 0.2) is 54.6 Å². The number of nitrogens with zero attached hydrogens (tertiary/aromatic N) is 4. The average molecular weight is 472 g/mol. The minimum Gasteiger partial charge on any atom is -0.497 e. The highest BCUT2D eigenvalue weighted by Gasteiger charge is 2.32. The lowest BCUT2D eigenvalue weighted by Crippen LogP contribution is -2.49. The van der Waals surface area contributed by atoms with E-state index in [2.05, 4.69) is 10.2 Å². The van der Waals surface area contributed by atoms with E-state index in [0.29, 0.717) is 49.2 Å². The molecular formula is C24H23F3N4O3. The summed E-state index contributed by atoms with van der Waals surface area (Å²) >= 11 is 0.